The Morgan fingerprint density at radius 2 is 2.00 bits per heavy atom. The van der Waals surface area contributed by atoms with Crippen molar-refractivity contribution in [1.29, 1.82) is 0 Å². The maximum atomic E-state index is 9.09. The summed E-state index contributed by atoms with van der Waals surface area (Å²) < 4.78 is 0. The molecule has 0 aromatic carbocycles. The predicted octanol–water partition coefficient (Wildman–Crippen LogP) is 1.44. The van der Waals surface area contributed by atoms with Crippen molar-refractivity contribution in [2.75, 3.05) is 6.61 Å². The van der Waals surface area contributed by atoms with Gasteiger partial charge in [-0.1, -0.05) is 12.2 Å². The zero-order chi connectivity index (χ0) is 7.42. The number of rotatable bonds is 1. The molecule has 3 aliphatic rings. The van der Waals surface area contributed by atoms with E-state index in [4.69, 9.17) is 5.11 Å². The minimum atomic E-state index is 0.429. The first-order valence-corrected chi connectivity index (χ1v) is 4.69. The Morgan fingerprint density at radius 1 is 1.18 bits per heavy atom. The van der Waals surface area contributed by atoms with Crippen molar-refractivity contribution in [2.24, 2.45) is 29.6 Å². The molecule has 0 radical (unpaired) electrons. The fourth-order valence-electron chi connectivity index (χ4n) is 3.46. The number of allylic oxidation sites excluding steroid dienone is 2. The van der Waals surface area contributed by atoms with Crippen LogP contribution in [0.15, 0.2) is 12.2 Å². The molecule has 0 aromatic heterocycles. The Kier molecular flexibility index (Phi) is 1.07. The molecule has 0 saturated heterocycles. The first-order chi connectivity index (χ1) is 5.40. The van der Waals surface area contributed by atoms with Crippen molar-refractivity contribution in [3.8, 4) is 0 Å². The zero-order valence-corrected chi connectivity index (χ0v) is 6.61. The first-order valence-electron chi connectivity index (χ1n) is 4.69. The molecule has 1 heteroatoms. The van der Waals surface area contributed by atoms with Crippen molar-refractivity contribution in [3.05, 3.63) is 12.2 Å². The number of aliphatic hydroxyl groups is 1. The van der Waals surface area contributed by atoms with E-state index in [0.717, 1.165) is 23.7 Å². The molecule has 3 rings (SSSR count). The molecule has 5 atom stereocenters. The molecule has 11 heavy (non-hydrogen) atoms. The van der Waals surface area contributed by atoms with E-state index in [1.54, 1.807) is 0 Å². The molecular weight excluding hydrogens is 136 g/mol. The van der Waals surface area contributed by atoms with Gasteiger partial charge in [0.2, 0.25) is 0 Å². The van der Waals surface area contributed by atoms with Crippen LogP contribution in [0.4, 0.5) is 0 Å². The van der Waals surface area contributed by atoms with Gasteiger partial charge in [0.25, 0.3) is 0 Å². The molecule has 0 aromatic rings. The number of aliphatic hydroxyl groups excluding tert-OH is 1. The summed E-state index contributed by atoms with van der Waals surface area (Å²) >= 11 is 0. The van der Waals surface area contributed by atoms with Crippen LogP contribution in [0.2, 0.25) is 0 Å². The fourth-order valence-corrected chi connectivity index (χ4v) is 3.46. The van der Waals surface area contributed by atoms with Gasteiger partial charge >= 0.3 is 0 Å². The summed E-state index contributed by atoms with van der Waals surface area (Å²) in [4.78, 5) is 0. The summed E-state index contributed by atoms with van der Waals surface area (Å²) in [6, 6.07) is 0. The largest absolute Gasteiger partial charge is 0.396 e. The van der Waals surface area contributed by atoms with Gasteiger partial charge in [-0.05, 0) is 42.4 Å². The number of hydrogen-bond acceptors (Lipinski definition) is 1. The van der Waals surface area contributed by atoms with Crippen molar-refractivity contribution >= 4 is 0 Å². The molecule has 0 aliphatic heterocycles. The van der Waals surface area contributed by atoms with Crippen LogP contribution in [-0.4, -0.2) is 11.7 Å². The topological polar surface area (TPSA) is 20.2 Å². The van der Waals surface area contributed by atoms with E-state index in [0.29, 0.717) is 12.5 Å². The molecule has 0 amide bonds. The van der Waals surface area contributed by atoms with Crippen LogP contribution < -0.4 is 0 Å². The van der Waals surface area contributed by atoms with Crippen LogP contribution in [-0.2, 0) is 0 Å². The fraction of sp³-hybridized carbons (Fsp3) is 0.800. The molecule has 5 unspecified atom stereocenters. The summed E-state index contributed by atoms with van der Waals surface area (Å²) in [5, 5.41) is 9.09. The third-order valence-electron chi connectivity index (χ3n) is 4.06. The Labute approximate surface area is 67.1 Å². The Hall–Kier alpha value is -0.300. The van der Waals surface area contributed by atoms with Crippen molar-refractivity contribution in [2.45, 2.75) is 12.8 Å². The first kappa shape index (κ1) is 6.24. The Balaban J connectivity index is 1.88. The maximum Gasteiger partial charge on any atom is 0.0462 e. The van der Waals surface area contributed by atoms with Crippen LogP contribution in [0.3, 0.4) is 0 Å². The highest BCUT2D eigenvalue weighted by Gasteiger charge is 2.52. The lowest BCUT2D eigenvalue weighted by Crippen LogP contribution is -2.32. The summed E-state index contributed by atoms with van der Waals surface area (Å²) in [7, 11) is 0. The highest BCUT2D eigenvalue weighted by atomic mass is 16.3. The quantitative estimate of drug-likeness (QED) is 0.561. The van der Waals surface area contributed by atoms with Gasteiger partial charge in [-0.3, -0.25) is 0 Å². The highest BCUT2D eigenvalue weighted by molar-refractivity contribution is 5.20. The molecule has 0 spiro atoms. The lowest BCUT2D eigenvalue weighted by atomic mass is 9.68. The third-order valence-corrected chi connectivity index (χ3v) is 4.06. The van der Waals surface area contributed by atoms with Gasteiger partial charge in [0.1, 0.15) is 0 Å². The van der Waals surface area contributed by atoms with Crippen LogP contribution >= 0.6 is 0 Å². The third kappa shape index (κ3) is 0.610. The van der Waals surface area contributed by atoms with Gasteiger partial charge in [0, 0.05) is 6.61 Å². The summed E-state index contributed by atoms with van der Waals surface area (Å²) in [6.45, 7) is 0.429. The van der Waals surface area contributed by atoms with E-state index in [2.05, 4.69) is 12.2 Å². The Morgan fingerprint density at radius 3 is 2.55 bits per heavy atom. The van der Waals surface area contributed by atoms with E-state index >= 15 is 0 Å². The van der Waals surface area contributed by atoms with E-state index < -0.39 is 0 Å². The molecule has 1 N–H and O–H groups in total. The average molecular weight is 150 g/mol. The van der Waals surface area contributed by atoms with Crippen LogP contribution in [0.1, 0.15) is 12.8 Å². The monoisotopic (exact) mass is 150 g/mol. The van der Waals surface area contributed by atoms with Gasteiger partial charge < -0.3 is 5.11 Å². The van der Waals surface area contributed by atoms with E-state index in [9.17, 15) is 0 Å². The summed E-state index contributed by atoms with van der Waals surface area (Å²) in [5.41, 5.74) is 0. The van der Waals surface area contributed by atoms with E-state index in [1.165, 1.54) is 12.8 Å². The van der Waals surface area contributed by atoms with E-state index in [-0.39, 0.29) is 0 Å². The van der Waals surface area contributed by atoms with Crippen molar-refractivity contribution in [1.82, 2.24) is 0 Å². The summed E-state index contributed by atoms with van der Waals surface area (Å²) in [6.07, 6.45) is 7.43. The predicted molar refractivity (Wildman–Crippen MR) is 42.9 cm³/mol. The number of fused-ring (bicyclic) bond motifs is 5. The second-order valence-corrected chi connectivity index (χ2v) is 4.38. The van der Waals surface area contributed by atoms with Gasteiger partial charge in [-0.2, -0.15) is 0 Å². The van der Waals surface area contributed by atoms with Gasteiger partial charge in [0.15, 0.2) is 0 Å². The minimum absolute atomic E-state index is 0.429. The molecule has 2 bridgehead atoms. The normalized spacial score (nSPS) is 57.7. The lowest BCUT2D eigenvalue weighted by molar-refractivity contribution is 0.130. The highest BCUT2D eigenvalue weighted by Crippen LogP contribution is 2.59. The molecule has 1 nitrogen and oxygen atoms in total. The minimum Gasteiger partial charge on any atom is -0.396 e. The Bertz CT molecular complexity index is 209. The van der Waals surface area contributed by atoms with Crippen molar-refractivity contribution < 1.29 is 5.11 Å². The molecule has 2 fully saturated rings. The maximum absolute atomic E-state index is 9.09. The molecule has 3 aliphatic carbocycles. The second kappa shape index (κ2) is 1.89. The average Bonchev–Trinajstić information content (AvgIpc) is 2.38. The smallest absolute Gasteiger partial charge is 0.0462 e. The molecule has 0 heterocycles. The van der Waals surface area contributed by atoms with E-state index in [1.807, 2.05) is 0 Å². The van der Waals surface area contributed by atoms with Gasteiger partial charge in [0.05, 0.1) is 0 Å². The molecule has 2 saturated carbocycles. The summed E-state index contributed by atoms with van der Waals surface area (Å²) in [5.74, 6) is 4.21. The van der Waals surface area contributed by atoms with Gasteiger partial charge in [-0.25, -0.2) is 0 Å². The van der Waals surface area contributed by atoms with Crippen LogP contribution in [0, 0.1) is 29.6 Å². The van der Waals surface area contributed by atoms with Crippen molar-refractivity contribution in [3.63, 3.8) is 0 Å². The lowest BCUT2D eigenvalue weighted by Gasteiger charge is -2.37. The standard InChI is InChI=1S/C10H14O/c11-5-7-3-6-4-10(7)9-2-1-8(6)9/h1-2,6-11H,3-5H2. The SMILES string of the molecule is OCC1CC2CC1C1C=CC21. The zero-order valence-electron chi connectivity index (χ0n) is 6.61. The molecule has 60 valence electrons. The molecular formula is C10H14O. The van der Waals surface area contributed by atoms with Gasteiger partial charge in [-0.15, -0.1) is 0 Å². The number of hydrogen-bond donors (Lipinski definition) is 1. The second-order valence-electron chi connectivity index (χ2n) is 4.38. The van der Waals surface area contributed by atoms with Crippen LogP contribution in [0.5, 0.6) is 0 Å². The van der Waals surface area contributed by atoms with Crippen LogP contribution in [0.25, 0.3) is 0 Å².